The third-order valence-corrected chi connectivity index (χ3v) is 3.70. The Bertz CT molecular complexity index is 449. The van der Waals surface area contributed by atoms with Crippen LogP contribution in [0, 0.1) is 0 Å². The van der Waals surface area contributed by atoms with Gasteiger partial charge >= 0.3 is 0 Å². The maximum Gasteiger partial charge on any atom is 0.0244 e. The van der Waals surface area contributed by atoms with Crippen LogP contribution in [0.2, 0.25) is 0 Å². The van der Waals surface area contributed by atoms with Crippen molar-refractivity contribution in [3.63, 3.8) is 0 Å². The first-order valence-corrected chi connectivity index (χ1v) is 5.74. The zero-order valence-electron chi connectivity index (χ0n) is 7.73. The minimum atomic E-state index is 1.12. The molecule has 0 nitrogen and oxygen atoms in total. The molecule has 3 rings (SSSR count). The number of benzene rings is 1. The van der Waals surface area contributed by atoms with E-state index in [2.05, 4.69) is 48.6 Å². The Morgan fingerprint density at radius 2 is 1.93 bits per heavy atom. The predicted molar refractivity (Wildman–Crippen MR) is 63.0 cm³/mol. The Hall–Kier alpha value is -1.21. The summed E-state index contributed by atoms with van der Waals surface area (Å²) in [5, 5.41) is 0. The van der Waals surface area contributed by atoms with E-state index in [0.29, 0.717) is 0 Å². The Morgan fingerprint density at radius 1 is 1.07 bits per heavy atom. The van der Waals surface area contributed by atoms with E-state index in [0.717, 1.165) is 5.75 Å². The van der Waals surface area contributed by atoms with Crippen LogP contribution in [0.25, 0.3) is 5.57 Å². The molecule has 0 atom stereocenters. The number of rotatable bonds is 1. The first kappa shape index (κ1) is 8.13. The van der Waals surface area contributed by atoms with Gasteiger partial charge in [-0.3, -0.25) is 0 Å². The van der Waals surface area contributed by atoms with Crippen molar-refractivity contribution in [3.8, 4) is 0 Å². The molecule has 1 heteroatoms. The number of hydrogen-bond donors (Lipinski definition) is 0. The highest BCUT2D eigenvalue weighted by Crippen LogP contribution is 2.43. The van der Waals surface area contributed by atoms with E-state index in [1.54, 1.807) is 0 Å². The standard InChI is InChI=1S/C13H10S/c1-2-5-10(6-3-1)12-9-14-13-8-4-7-11(12)13/h1-8H,9H2. The summed E-state index contributed by atoms with van der Waals surface area (Å²) in [4.78, 5) is 1.43. The minimum Gasteiger partial charge on any atom is -0.121 e. The van der Waals surface area contributed by atoms with Crippen LogP contribution >= 0.6 is 11.8 Å². The van der Waals surface area contributed by atoms with Crippen LogP contribution in [0.1, 0.15) is 5.56 Å². The van der Waals surface area contributed by atoms with Crippen LogP contribution in [0.4, 0.5) is 0 Å². The fourth-order valence-electron chi connectivity index (χ4n) is 1.88. The van der Waals surface area contributed by atoms with Crippen molar-refractivity contribution in [2.45, 2.75) is 0 Å². The van der Waals surface area contributed by atoms with Crippen LogP contribution in [0.3, 0.4) is 0 Å². The summed E-state index contributed by atoms with van der Waals surface area (Å²) in [5.41, 5.74) is 4.28. The lowest BCUT2D eigenvalue weighted by Crippen LogP contribution is -1.84. The van der Waals surface area contributed by atoms with Gasteiger partial charge < -0.3 is 0 Å². The molecule has 0 radical (unpaired) electrons. The van der Waals surface area contributed by atoms with Crippen LogP contribution in [-0.4, -0.2) is 5.75 Å². The number of hydrogen-bond acceptors (Lipinski definition) is 1. The second-order valence-corrected chi connectivity index (χ2v) is 4.45. The molecule has 14 heavy (non-hydrogen) atoms. The summed E-state index contributed by atoms with van der Waals surface area (Å²) < 4.78 is 0. The molecular formula is C13H10S. The molecule has 0 saturated heterocycles. The summed E-state index contributed by atoms with van der Waals surface area (Å²) in [5.74, 6) is 1.12. The van der Waals surface area contributed by atoms with Gasteiger partial charge in [-0.2, -0.15) is 0 Å². The second kappa shape index (κ2) is 3.18. The van der Waals surface area contributed by atoms with E-state index in [4.69, 9.17) is 0 Å². The lowest BCUT2D eigenvalue weighted by atomic mass is 10.0. The van der Waals surface area contributed by atoms with E-state index in [-0.39, 0.29) is 0 Å². The van der Waals surface area contributed by atoms with Gasteiger partial charge in [-0.15, -0.1) is 11.8 Å². The monoisotopic (exact) mass is 198 g/mol. The van der Waals surface area contributed by atoms with E-state index < -0.39 is 0 Å². The molecular weight excluding hydrogens is 188 g/mol. The van der Waals surface area contributed by atoms with E-state index in [9.17, 15) is 0 Å². The van der Waals surface area contributed by atoms with Gasteiger partial charge in [-0.05, 0) is 22.8 Å². The van der Waals surface area contributed by atoms with Gasteiger partial charge in [-0.1, -0.05) is 42.5 Å². The summed E-state index contributed by atoms with van der Waals surface area (Å²) in [6.45, 7) is 0. The lowest BCUT2D eigenvalue weighted by molar-refractivity contribution is 1.56. The number of thioether (sulfide) groups is 1. The van der Waals surface area contributed by atoms with Crippen molar-refractivity contribution in [1.29, 1.82) is 0 Å². The van der Waals surface area contributed by atoms with Crippen molar-refractivity contribution in [2.75, 3.05) is 5.75 Å². The molecule has 1 heterocycles. The third kappa shape index (κ3) is 1.17. The maximum absolute atomic E-state index is 2.22. The fraction of sp³-hybridized carbons (Fsp3) is 0.0769. The highest BCUT2D eigenvalue weighted by molar-refractivity contribution is 8.04. The molecule has 0 fully saturated rings. The average molecular weight is 198 g/mol. The van der Waals surface area contributed by atoms with Crippen LogP contribution < -0.4 is 0 Å². The molecule has 0 spiro atoms. The van der Waals surface area contributed by atoms with Gasteiger partial charge in [0, 0.05) is 10.7 Å². The normalized spacial score (nSPS) is 18.7. The van der Waals surface area contributed by atoms with Crippen LogP contribution in [0.15, 0.2) is 59.0 Å². The smallest absolute Gasteiger partial charge is 0.0244 e. The first-order chi connectivity index (χ1) is 6.95. The maximum atomic E-state index is 2.22. The van der Waals surface area contributed by atoms with Gasteiger partial charge in [0.05, 0.1) is 0 Å². The molecule has 1 aliphatic heterocycles. The van der Waals surface area contributed by atoms with Crippen molar-refractivity contribution in [3.05, 3.63) is 64.6 Å². The van der Waals surface area contributed by atoms with Gasteiger partial charge in [0.1, 0.15) is 0 Å². The Balaban J connectivity index is 2.13. The molecule has 0 amide bonds. The molecule has 68 valence electrons. The van der Waals surface area contributed by atoms with Gasteiger partial charge in [-0.25, -0.2) is 0 Å². The van der Waals surface area contributed by atoms with E-state index in [1.165, 1.54) is 21.6 Å². The number of fused-ring (bicyclic) bond motifs is 1. The Morgan fingerprint density at radius 3 is 2.79 bits per heavy atom. The van der Waals surface area contributed by atoms with Crippen molar-refractivity contribution in [2.24, 2.45) is 0 Å². The fourth-order valence-corrected chi connectivity index (χ4v) is 3.03. The zero-order valence-corrected chi connectivity index (χ0v) is 8.55. The minimum absolute atomic E-state index is 1.12. The lowest BCUT2D eigenvalue weighted by Gasteiger charge is -2.01. The van der Waals surface area contributed by atoms with Crippen LogP contribution in [-0.2, 0) is 0 Å². The molecule has 0 N–H and O–H groups in total. The summed E-state index contributed by atoms with van der Waals surface area (Å²) in [6, 6.07) is 10.7. The molecule has 2 aliphatic rings. The molecule has 0 aromatic heterocycles. The molecule has 0 unspecified atom stereocenters. The largest absolute Gasteiger partial charge is 0.121 e. The van der Waals surface area contributed by atoms with Gasteiger partial charge in [0.15, 0.2) is 0 Å². The van der Waals surface area contributed by atoms with E-state index >= 15 is 0 Å². The molecule has 1 aromatic carbocycles. The molecule has 0 saturated carbocycles. The quantitative estimate of drug-likeness (QED) is 0.664. The highest BCUT2D eigenvalue weighted by atomic mass is 32.2. The average Bonchev–Trinajstić information content (AvgIpc) is 2.79. The zero-order chi connectivity index (χ0) is 9.38. The van der Waals surface area contributed by atoms with Crippen molar-refractivity contribution in [1.82, 2.24) is 0 Å². The topological polar surface area (TPSA) is 0 Å². The SMILES string of the molecule is C1=CC2=C(c3ccccc3)CSC2=C1. The number of allylic oxidation sites excluding steroid dienone is 4. The van der Waals surface area contributed by atoms with Gasteiger partial charge in [0.25, 0.3) is 0 Å². The Labute approximate surface area is 88.0 Å². The highest BCUT2D eigenvalue weighted by Gasteiger charge is 2.20. The molecule has 1 aromatic rings. The van der Waals surface area contributed by atoms with Crippen molar-refractivity contribution < 1.29 is 0 Å². The molecule has 0 bridgehead atoms. The predicted octanol–water partition coefficient (Wildman–Crippen LogP) is 3.64. The van der Waals surface area contributed by atoms with Gasteiger partial charge in [0.2, 0.25) is 0 Å². The summed E-state index contributed by atoms with van der Waals surface area (Å²) >= 11 is 1.94. The van der Waals surface area contributed by atoms with Crippen LogP contribution in [0.5, 0.6) is 0 Å². The summed E-state index contributed by atoms with van der Waals surface area (Å²) in [6.07, 6.45) is 6.56. The first-order valence-electron chi connectivity index (χ1n) is 4.75. The molecule has 1 aliphatic carbocycles. The summed E-state index contributed by atoms with van der Waals surface area (Å²) in [7, 11) is 0. The Kier molecular flexibility index (Phi) is 1.84. The third-order valence-electron chi connectivity index (χ3n) is 2.60. The second-order valence-electron chi connectivity index (χ2n) is 3.44. The van der Waals surface area contributed by atoms with Crippen molar-refractivity contribution >= 4 is 17.3 Å². The van der Waals surface area contributed by atoms with E-state index in [1.807, 2.05) is 11.8 Å².